The number of unbranched alkanes of at least 4 members (excludes halogenated alkanes) is 2. The number of thioether (sulfide) groups is 1. The molecule has 0 N–H and O–H groups in total. The molecule has 0 aromatic heterocycles. The number of benzene rings is 1. The average molecular weight is 272 g/mol. The minimum absolute atomic E-state index is 1.24. The van der Waals surface area contributed by atoms with E-state index in [4.69, 9.17) is 0 Å². The first kappa shape index (κ1) is 14.5. The first-order valence-electron chi connectivity index (χ1n) is 7.49. The van der Waals surface area contributed by atoms with Gasteiger partial charge in [0, 0.05) is 4.91 Å². The highest BCUT2D eigenvalue weighted by atomic mass is 32.2. The molecule has 0 bridgehead atoms. The smallest absolute Gasteiger partial charge is 0.0176 e. The predicted molar refractivity (Wildman–Crippen MR) is 88.3 cm³/mol. The Labute approximate surface area is 122 Å². The topological polar surface area (TPSA) is 0 Å². The molecule has 0 saturated carbocycles. The van der Waals surface area contributed by atoms with Crippen molar-refractivity contribution in [3.63, 3.8) is 0 Å². The lowest BCUT2D eigenvalue weighted by atomic mass is 9.99. The third-order valence-electron chi connectivity index (χ3n) is 3.46. The molecule has 0 aliphatic heterocycles. The monoisotopic (exact) mass is 272 g/mol. The molecule has 19 heavy (non-hydrogen) atoms. The molecule has 102 valence electrons. The fraction of sp³-hybridized carbons (Fsp3) is 0.444. The lowest BCUT2D eigenvalue weighted by Gasteiger charge is -2.15. The van der Waals surface area contributed by atoms with E-state index in [-0.39, 0.29) is 0 Å². The predicted octanol–water partition coefficient (Wildman–Crippen LogP) is 6.06. The summed E-state index contributed by atoms with van der Waals surface area (Å²) in [6, 6.07) is 10.9. The second-order valence-electron chi connectivity index (χ2n) is 5.07. The Kier molecular flexibility index (Phi) is 6.29. The Balaban J connectivity index is 2.14. The van der Waals surface area contributed by atoms with Crippen LogP contribution in [0.3, 0.4) is 0 Å². The molecule has 2 rings (SSSR count). The van der Waals surface area contributed by atoms with Crippen molar-refractivity contribution in [2.75, 3.05) is 5.75 Å². The highest BCUT2D eigenvalue weighted by molar-refractivity contribution is 8.08. The van der Waals surface area contributed by atoms with Crippen LogP contribution in [0.15, 0.2) is 48.1 Å². The molecule has 0 radical (unpaired) electrons. The summed E-state index contributed by atoms with van der Waals surface area (Å²) < 4.78 is 0. The fourth-order valence-electron chi connectivity index (χ4n) is 2.39. The van der Waals surface area contributed by atoms with Crippen molar-refractivity contribution in [1.29, 1.82) is 0 Å². The van der Waals surface area contributed by atoms with Crippen molar-refractivity contribution in [1.82, 2.24) is 0 Å². The first-order valence-corrected chi connectivity index (χ1v) is 8.48. The van der Waals surface area contributed by atoms with Crippen LogP contribution >= 0.6 is 11.8 Å². The Morgan fingerprint density at radius 3 is 2.68 bits per heavy atom. The van der Waals surface area contributed by atoms with Gasteiger partial charge in [-0.15, -0.1) is 11.8 Å². The highest BCUT2D eigenvalue weighted by Gasteiger charge is 2.10. The summed E-state index contributed by atoms with van der Waals surface area (Å²) in [5.41, 5.74) is 2.93. The molecule has 1 aromatic rings. The van der Waals surface area contributed by atoms with E-state index in [2.05, 4.69) is 49.4 Å². The quantitative estimate of drug-likeness (QED) is 0.567. The van der Waals surface area contributed by atoms with E-state index < -0.39 is 0 Å². The lowest BCUT2D eigenvalue weighted by molar-refractivity contribution is 0.779. The van der Waals surface area contributed by atoms with Crippen molar-refractivity contribution >= 4 is 16.7 Å². The number of hydrogen-bond donors (Lipinski definition) is 0. The SMILES string of the molecule is CCCCCSC(=C1C=CCCC1)c1ccccc1. The zero-order valence-corrected chi connectivity index (χ0v) is 12.7. The first-order chi connectivity index (χ1) is 9.42. The molecule has 0 spiro atoms. The van der Waals surface area contributed by atoms with Gasteiger partial charge in [-0.05, 0) is 42.6 Å². The largest absolute Gasteiger partial charge is 0.125 e. The van der Waals surface area contributed by atoms with E-state index in [9.17, 15) is 0 Å². The van der Waals surface area contributed by atoms with Gasteiger partial charge in [-0.1, -0.05) is 62.2 Å². The van der Waals surface area contributed by atoms with Gasteiger partial charge in [-0.3, -0.25) is 0 Å². The Morgan fingerprint density at radius 2 is 2.00 bits per heavy atom. The van der Waals surface area contributed by atoms with E-state index in [1.807, 2.05) is 11.8 Å². The maximum Gasteiger partial charge on any atom is 0.0176 e. The molecule has 0 unspecified atom stereocenters. The molecule has 1 aliphatic carbocycles. The Hall–Kier alpha value is -0.950. The zero-order chi connectivity index (χ0) is 13.3. The zero-order valence-electron chi connectivity index (χ0n) is 11.9. The summed E-state index contributed by atoms with van der Waals surface area (Å²) in [4.78, 5) is 1.51. The minimum atomic E-state index is 1.24. The molecule has 0 fully saturated rings. The molecule has 0 atom stereocenters. The van der Waals surface area contributed by atoms with Gasteiger partial charge >= 0.3 is 0 Å². The van der Waals surface area contributed by atoms with Crippen LogP contribution in [0.4, 0.5) is 0 Å². The molecular formula is C18H24S. The maximum atomic E-state index is 2.35. The summed E-state index contributed by atoms with van der Waals surface area (Å²) in [6.07, 6.45) is 12.4. The van der Waals surface area contributed by atoms with Crippen LogP contribution in [-0.2, 0) is 0 Å². The van der Waals surface area contributed by atoms with Crippen LogP contribution in [0.2, 0.25) is 0 Å². The van der Waals surface area contributed by atoms with Crippen molar-refractivity contribution in [2.45, 2.75) is 45.4 Å². The lowest BCUT2D eigenvalue weighted by Crippen LogP contribution is -1.93. The van der Waals surface area contributed by atoms with E-state index in [1.54, 1.807) is 5.57 Å². The minimum Gasteiger partial charge on any atom is -0.125 e. The van der Waals surface area contributed by atoms with Crippen LogP contribution in [0.25, 0.3) is 4.91 Å². The summed E-state index contributed by atoms with van der Waals surface area (Å²) in [6.45, 7) is 2.27. The second kappa shape index (κ2) is 8.27. The van der Waals surface area contributed by atoms with Crippen molar-refractivity contribution in [3.05, 3.63) is 53.6 Å². The van der Waals surface area contributed by atoms with Gasteiger partial charge in [0.25, 0.3) is 0 Å². The average Bonchev–Trinajstić information content (AvgIpc) is 2.49. The van der Waals surface area contributed by atoms with Gasteiger partial charge in [0.2, 0.25) is 0 Å². The third kappa shape index (κ3) is 4.58. The van der Waals surface area contributed by atoms with Gasteiger partial charge < -0.3 is 0 Å². The van der Waals surface area contributed by atoms with Gasteiger partial charge in [-0.25, -0.2) is 0 Å². The number of rotatable bonds is 6. The van der Waals surface area contributed by atoms with E-state index in [0.29, 0.717) is 0 Å². The van der Waals surface area contributed by atoms with Gasteiger partial charge in [0.15, 0.2) is 0 Å². The van der Waals surface area contributed by atoms with Crippen molar-refractivity contribution in [2.24, 2.45) is 0 Å². The van der Waals surface area contributed by atoms with Crippen molar-refractivity contribution < 1.29 is 0 Å². The molecule has 0 amide bonds. The highest BCUT2D eigenvalue weighted by Crippen LogP contribution is 2.35. The molecular weight excluding hydrogens is 248 g/mol. The second-order valence-corrected chi connectivity index (χ2v) is 6.18. The summed E-state index contributed by atoms with van der Waals surface area (Å²) in [5.74, 6) is 1.25. The molecule has 0 nitrogen and oxygen atoms in total. The van der Waals surface area contributed by atoms with Crippen LogP contribution in [-0.4, -0.2) is 5.75 Å². The fourth-order valence-corrected chi connectivity index (χ4v) is 3.60. The molecule has 1 aromatic carbocycles. The normalized spacial score (nSPS) is 17.5. The molecule has 0 heterocycles. The summed E-state index contributed by atoms with van der Waals surface area (Å²) in [5, 5.41) is 0. The van der Waals surface area contributed by atoms with Crippen LogP contribution in [0, 0.1) is 0 Å². The number of allylic oxidation sites excluding steroid dienone is 3. The van der Waals surface area contributed by atoms with Crippen molar-refractivity contribution in [3.8, 4) is 0 Å². The van der Waals surface area contributed by atoms with E-state index in [0.717, 1.165) is 0 Å². The van der Waals surface area contributed by atoms with E-state index in [1.165, 1.54) is 54.7 Å². The molecule has 1 heteroatoms. The van der Waals surface area contributed by atoms with Gasteiger partial charge in [0.05, 0.1) is 0 Å². The number of hydrogen-bond acceptors (Lipinski definition) is 1. The van der Waals surface area contributed by atoms with Gasteiger partial charge in [-0.2, -0.15) is 0 Å². The van der Waals surface area contributed by atoms with Crippen LogP contribution in [0.1, 0.15) is 51.0 Å². The van der Waals surface area contributed by atoms with Crippen LogP contribution < -0.4 is 0 Å². The molecule has 0 saturated heterocycles. The Morgan fingerprint density at radius 1 is 1.16 bits per heavy atom. The Bertz CT molecular complexity index is 428. The maximum absolute atomic E-state index is 2.35. The summed E-state index contributed by atoms with van der Waals surface area (Å²) in [7, 11) is 0. The third-order valence-corrected chi connectivity index (χ3v) is 4.74. The standard InChI is InChI=1S/C18H24S/c1-2-3-10-15-19-18(16-11-6-4-7-12-16)17-13-8-5-9-14-17/h4,6-8,11-13H,2-3,5,9-10,14-15H2,1H3. The molecule has 1 aliphatic rings. The summed E-state index contributed by atoms with van der Waals surface area (Å²) >= 11 is 2.05. The van der Waals surface area contributed by atoms with Gasteiger partial charge in [0.1, 0.15) is 0 Å². The van der Waals surface area contributed by atoms with E-state index >= 15 is 0 Å². The van der Waals surface area contributed by atoms with Crippen LogP contribution in [0.5, 0.6) is 0 Å².